The minimum atomic E-state index is 0.0481. The van der Waals surface area contributed by atoms with Crippen molar-refractivity contribution in [2.45, 2.75) is 33.6 Å². The minimum absolute atomic E-state index is 0.0481. The summed E-state index contributed by atoms with van der Waals surface area (Å²) in [6.45, 7) is 6.35. The van der Waals surface area contributed by atoms with Crippen molar-refractivity contribution in [1.29, 1.82) is 0 Å². The molecule has 0 amide bonds. The van der Waals surface area contributed by atoms with Crippen LogP contribution in [0.5, 0.6) is 0 Å². The molecule has 0 radical (unpaired) electrons. The summed E-state index contributed by atoms with van der Waals surface area (Å²) in [6, 6.07) is 1.93. The predicted molar refractivity (Wildman–Crippen MR) is 72.6 cm³/mol. The summed E-state index contributed by atoms with van der Waals surface area (Å²) in [5.41, 5.74) is 2.04. The topological polar surface area (TPSA) is 34.9 Å². The molecule has 0 saturated heterocycles. The van der Waals surface area contributed by atoms with Crippen molar-refractivity contribution >= 4 is 17.1 Å². The van der Waals surface area contributed by atoms with Gasteiger partial charge in [-0.15, -0.1) is 11.3 Å². The average molecular weight is 260 g/mol. The normalized spacial score (nSPS) is 17.8. The lowest BCUT2D eigenvalue weighted by Gasteiger charge is -2.29. The lowest BCUT2D eigenvalue weighted by Crippen LogP contribution is -2.27. The quantitative estimate of drug-likeness (QED) is 0.787. The van der Waals surface area contributed by atoms with Crippen molar-refractivity contribution < 1.29 is 4.79 Å². The molecular weight excluding hydrogens is 244 g/mol. The van der Waals surface area contributed by atoms with Gasteiger partial charge in [0.1, 0.15) is 0 Å². The van der Waals surface area contributed by atoms with Gasteiger partial charge in [-0.2, -0.15) is 0 Å². The van der Waals surface area contributed by atoms with Crippen LogP contribution in [-0.4, -0.2) is 15.3 Å². The van der Waals surface area contributed by atoms with Crippen LogP contribution in [0.25, 0.3) is 5.13 Å². The summed E-state index contributed by atoms with van der Waals surface area (Å²) >= 11 is 1.66. The van der Waals surface area contributed by atoms with E-state index in [-0.39, 0.29) is 11.2 Å². The Morgan fingerprint density at radius 3 is 2.83 bits per heavy atom. The van der Waals surface area contributed by atoms with Gasteiger partial charge in [-0.3, -0.25) is 9.36 Å². The Bertz CT molecular complexity index is 622. The molecule has 0 spiro atoms. The molecule has 0 aromatic carbocycles. The molecule has 2 aromatic rings. The van der Waals surface area contributed by atoms with Gasteiger partial charge in [0.15, 0.2) is 10.9 Å². The summed E-state index contributed by atoms with van der Waals surface area (Å²) in [7, 11) is 0. The van der Waals surface area contributed by atoms with Crippen LogP contribution in [0.3, 0.4) is 0 Å². The second-order valence-corrected chi connectivity index (χ2v) is 6.95. The molecule has 0 aliphatic heterocycles. The fourth-order valence-electron chi connectivity index (χ4n) is 2.58. The Hall–Kier alpha value is -1.42. The number of ketones is 1. The van der Waals surface area contributed by atoms with Gasteiger partial charge < -0.3 is 0 Å². The molecule has 0 bridgehead atoms. The number of carbonyl (C=O) groups excluding carboxylic acids is 1. The Balaban J connectivity index is 2.12. The monoisotopic (exact) mass is 260 g/mol. The molecule has 0 fully saturated rings. The first-order valence-electron chi connectivity index (χ1n) is 6.12. The maximum absolute atomic E-state index is 12.1. The summed E-state index contributed by atoms with van der Waals surface area (Å²) in [6.07, 6.45) is 5.42. The van der Waals surface area contributed by atoms with E-state index in [0.717, 1.165) is 22.8 Å². The first kappa shape index (κ1) is 11.7. The number of fused-ring (bicyclic) bond motifs is 1. The van der Waals surface area contributed by atoms with Crippen molar-refractivity contribution in [1.82, 2.24) is 9.55 Å². The molecule has 2 aromatic heterocycles. The second kappa shape index (κ2) is 3.79. The summed E-state index contributed by atoms with van der Waals surface area (Å²) in [4.78, 5) is 17.7. The number of nitrogens with zero attached hydrogens (tertiary/aromatic N) is 2. The van der Waals surface area contributed by atoms with Gasteiger partial charge in [0.2, 0.25) is 0 Å². The number of Topliss-reactive ketones (excluding diaryl/α,β-unsaturated/α-hetero) is 1. The number of aromatic nitrogens is 2. The Morgan fingerprint density at radius 2 is 2.17 bits per heavy atom. The maximum atomic E-state index is 12.1. The molecule has 94 valence electrons. The van der Waals surface area contributed by atoms with Gasteiger partial charge in [0, 0.05) is 34.9 Å². The fraction of sp³-hybridized carbons (Fsp3) is 0.429. The van der Waals surface area contributed by atoms with Gasteiger partial charge in [0.05, 0.1) is 0 Å². The third kappa shape index (κ3) is 1.81. The van der Waals surface area contributed by atoms with Crippen LogP contribution in [0.4, 0.5) is 0 Å². The van der Waals surface area contributed by atoms with Crippen LogP contribution in [0.1, 0.15) is 41.2 Å². The zero-order valence-electron chi connectivity index (χ0n) is 10.9. The molecule has 1 aliphatic carbocycles. The Kier molecular flexibility index (Phi) is 2.45. The molecule has 2 heterocycles. The second-order valence-electron chi connectivity index (χ2n) is 5.74. The Morgan fingerprint density at radius 1 is 1.39 bits per heavy atom. The highest BCUT2D eigenvalue weighted by Crippen LogP contribution is 2.36. The van der Waals surface area contributed by atoms with E-state index in [1.165, 1.54) is 4.88 Å². The molecular formula is C14H16N2OS. The largest absolute Gasteiger partial charge is 0.296 e. The van der Waals surface area contributed by atoms with Gasteiger partial charge >= 0.3 is 0 Å². The van der Waals surface area contributed by atoms with Crippen molar-refractivity contribution in [3.05, 3.63) is 34.6 Å². The third-order valence-corrected chi connectivity index (χ3v) is 4.30. The van der Waals surface area contributed by atoms with E-state index in [2.05, 4.69) is 23.4 Å². The van der Waals surface area contributed by atoms with E-state index >= 15 is 0 Å². The lowest BCUT2D eigenvalue weighted by molar-refractivity contribution is 0.0911. The number of hydrogen-bond acceptors (Lipinski definition) is 3. The highest BCUT2D eigenvalue weighted by molar-refractivity contribution is 7.14. The third-order valence-electron chi connectivity index (χ3n) is 3.39. The molecule has 0 unspecified atom stereocenters. The van der Waals surface area contributed by atoms with Crippen LogP contribution >= 0.6 is 11.3 Å². The van der Waals surface area contributed by atoms with Crippen molar-refractivity contribution in [3.8, 4) is 5.13 Å². The van der Waals surface area contributed by atoms with E-state index in [4.69, 9.17) is 0 Å². The standard InChI is InChI=1S/C14H16N2OS/c1-9-8-15-13(18-9)16-5-4-10-11(16)6-14(2,3)7-12(10)17/h4-5,8H,6-7H2,1-3H3. The predicted octanol–water partition coefficient (Wildman–Crippen LogP) is 3.40. The first-order valence-corrected chi connectivity index (χ1v) is 6.94. The van der Waals surface area contributed by atoms with E-state index in [0.29, 0.717) is 6.42 Å². The highest BCUT2D eigenvalue weighted by atomic mass is 32.1. The van der Waals surface area contributed by atoms with Gasteiger partial charge in [-0.1, -0.05) is 13.8 Å². The van der Waals surface area contributed by atoms with Crippen molar-refractivity contribution in [2.75, 3.05) is 0 Å². The SMILES string of the molecule is Cc1cnc(-n2ccc3c2CC(C)(C)CC3=O)s1. The van der Waals surface area contributed by atoms with Gasteiger partial charge in [-0.05, 0) is 24.8 Å². The minimum Gasteiger partial charge on any atom is -0.296 e. The van der Waals surface area contributed by atoms with Crippen LogP contribution in [0.2, 0.25) is 0 Å². The number of hydrogen-bond donors (Lipinski definition) is 0. The number of rotatable bonds is 1. The van der Waals surface area contributed by atoms with E-state index in [1.807, 2.05) is 25.4 Å². The molecule has 18 heavy (non-hydrogen) atoms. The van der Waals surface area contributed by atoms with Crippen LogP contribution < -0.4 is 0 Å². The molecule has 0 N–H and O–H groups in total. The van der Waals surface area contributed by atoms with Crippen LogP contribution in [0, 0.1) is 12.3 Å². The summed E-state index contributed by atoms with van der Waals surface area (Å²) in [5, 5.41) is 0.958. The first-order chi connectivity index (χ1) is 8.46. The van der Waals surface area contributed by atoms with E-state index in [9.17, 15) is 4.79 Å². The smallest absolute Gasteiger partial charge is 0.193 e. The van der Waals surface area contributed by atoms with Gasteiger partial charge in [0.25, 0.3) is 0 Å². The number of thiazole rings is 1. The van der Waals surface area contributed by atoms with Crippen LogP contribution in [-0.2, 0) is 6.42 Å². The molecule has 0 atom stereocenters. The zero-order chi connectivity index (χ0) is 12.9. The lowest BCUT2D eigenvalue weighted by atomic mass is 9.76. The average Bonchev–Trinajstić information content (AvgIpc) is 2.82. The molecule has 3 rings (SSSR count). The Labute approximate surface area is 110 Å². The molecule has 0 saturated carbocycles. The highest BCUT2D eigenvalue weighted by Gasteiger charge is 2.33. The fourth-order valence-corrected chi connectivity index (χ4v) is 3.35. The molecule has 4 heteroatoms. The van der Waals surface area contributed by atoms with E-state index in [1.54, 1.807) is 11.3 Å². The van der Waals surface area contributed by atoms with Crippen molar-refractivity contribution in [2.24, 2.45) is 5.41 Å². The van der Waals surface area contributed by atoms with E-state index < -0.39 is 0 Å². The molecule has 1 aliphatic rings. The van der Waals surface area contributed by atoms with Crippen LogP contribution in [0.15, 0.2) is 18.5 Å². The van der Waals surface area contributed by atoms with Crippen molar-refractivity contribution in [3.63, 3.8) is 0 Å². The number of carbonyl (C=O) groups is 1. The number of aryl methyl sites for hydroxylation is 1. The molecule has 3 nitrogen and oxygen atoms in total. The maximum Gasteiger partial charge on any atom is 0.193 e. The summed E-state index contributed by atoms with van der Waals surface area (Å²) in [5.74, 6) is 0.258. The van der Waals surface area contributed by atoms with Gasteiger partial charge in [-0.25, -0.2) is 4.98 Å². The summed E-state index contributed by atoms with van der Waals surface area (Å²) < 4.78 is 2.08. The zero-order valence-corrected chi connectivity index (χ0v) is 11.7.